The van der Waals surface area contributed by atoms with E-state index in [0.29, 0.717) is 11.4 Å². The largest absolute Gasteiger partial charge is 0.858 e. The number of imide groups is 1. The van der Waals surface area contributed by atoms with Crippen LogP contribution in [-0.2, 0) is 20.7 Å². The van der Waals surface area contributed by atoms with Crippen molar-refractivity contribution in [3.8, 4) is 11.6 Å². The van der Waals surface area contributed by atoms with Crippen molar-refractivity contribution < 1.29 is 28.4 Å². The van der Waals surface area contributed by atoms with Crippen LogP contribution in [0.2, 0.25) is 0 Å². The molecule has 9 heteroatoms. The molecule has 0 N–H and O–H groups in total. The quantitative estimate of drug-likeness (QED) is 0.403. The molecule has 2 aromatic heterocycles. The molecule has 1 aliphatic heterocycles. The Hall–Kier alpha value is -3.85. The number of halogens is 1. The van der Waals surface area contributed by atoms with Crippen LogP contribution < -0.4 is 9.67 Å². The Labute approximate surface area is 190 Å². The molecule has 1 aromatic carbocycles. The van der Waals surface area contributed by atoms with Crippen molar-refractivity contribution in [2.24, 2.45) is 0 Å². The molecule has 1 aliphatic rings. The lowest BCUT2D eigenvalue weighted by Crippen LogP contribution is -2.40. The number of rotatable bonds is 7. The topological polar surface area (TPSA) is 91.4 Å². The molecule has 0 spiro atoms. The van der Waals surface area contributed by atoms with Crippen LogP contribution in [0, 0.1) is 12.7 Å². The lowest BCUT2D eigenvalue weighted by Gasteiger charge is -2.15. The van der Waals surface area contributed by atoms with Gasteiger partial charge < -0.3 is 9.84 Å². The third kappa shape index (κ3) is 3.91. The number of benzene rings is 1. The maximum atomic E-state index is 13.4. The Bertz CT molecular complexity index is 1260. The fourth-order valence-corrected chi connectivity index (χ4v) is 3.84. The van der Waals surface area contributed by atoms with E-state index in [1.807, 2.05) is 13.0 Å². The monoisotopic (exact) mass is 450 g/mol. The third-order valence-corrected chi connectivity index (χ3v) is 5.53. The molecular weight excluding hydrogens is 427 g/mol. The zero-order chi connectivity index (χ0) is 23.7. The Morgan fingerprint density at radius 3 is 2.55 bits per heavy atom. The van der Waals surface area contributed by atoms with Gasteiger partial charge in [-0.2, -0.15) is 9.67 Å². The van der Waals surface area contributed by atoms with Crippen molar-refractivity contribution in [3.63, 3.8) is 0 Å². The number of aromatic nitrogens is 3. The van der Waals surface area contributed by atoms with E-state index in [1.165, 1.54) is 31.4 Å². The predicted molar refractivity (Wildman–Crippen MR) is 115 cm³/mol. The zero-order valence-corrected chi connectivity index (χ0v) is 18.5. The van der Waals surface area contributed by atoms with Crippen molar-refractivity contribution in [3.05, 3.63) is 71.4 Å². The molecule has 0 radical (unpaired) electrons. The summed E-state index contributed by atoms with van der Waals surface area (Å²) in [6, 6.07) is 8.99. The summed E-state index contributed by atoms with van der Waals surface area (Å²) in [7, 11) is 1.48. The van der Waals surface area contributed by atoms with E-state index >= 15 is 0 Å². The number of methoxy groups -OCH3 is 1. The molecule has 0 aliphatic carbocycles. The molecule has 0 unspecified atom stereocenters. The molecule has 33 heavy (non-hydrogen) atoms. The van der Waals surface area contributed by atoms with E-state index < -0.39 is 23.5 Å². The van der Waals surface area contributed by atoms with Crippen LogP contribution in [0.25, 0.3) is 17.0 Å². The SMILES string of the molecule is CCc1ccc[n+](C2=C(c3c(C)nn(-c4ccc(F)cc4)c3[O-])C(=O)N(CCOC)C2=O)c1. The minimum absolute atomic E-state index is 0.00906. The molecule has 3 heterocycles. The van der Waals surface area contributed by atoms with Gasteiger partial charge in [0.25, 0.3) is 11.6 Å². The molecule has 170 valence electrons. The van der Waals surface area contributed by atoms with E-state index in [1.54, 1.807) is 30.0 Å². The molecule has 3 aromatic rings. The maximum Gasteiger partial charge on any atom is 0.326 e. The van der Waals surface area contributed by atoms with E-state index in [-0.39, 0.29) is 30.0 Å². The summed E-state index contributed by atoms with van der Waals surface area (Å²) in [5.41, 5.74) is 1.73. The molecule has 8 nitrogen and oxygen atoms in total. The first-order valence-corrected chi connectivity index (χ1v) is 10.5. The lowest BCUT2D eigenvalue weighted by atomic mass is 10.0. The highest BCUT2D eigenvalue weighted by Gasteiger charge is 2.46. The predicted octanol–water partition coefficient (Wildman–Crippen LogP) is 1.63. The summed E-state index contributed by atoms with van der Waals surface area (Å²) in [5, 5.41) is 17.7. The molecule has 4 rings (SSSR count). The fraction of sp³-hybridized carbons (Fsp3) is 0.250. The van der Waals surface area contributed by atoms with Gasteiger partial charge in [-0.25, -0.2) is 9.07 Å². The van der Waals surface area contributed by atoms with E-state index in [4.69, 9.17) is 4.74 Å². The highest BCUT2D eigenvalue weighted by Crippen LogP contribution is 2.36. The Balaban J connectivity index is 1.93. The van der Waals surface area contributed by atoms with Crippen molar-refractivity contribution in [1.29, 1.82) is 0 Å². The molecule has 0 saturated heterocycles. The average molecular weight is 450 g/mol. The first-order valence-electron chi connectivity index (χ1n) is 10.5. The summed E-state index contributed by atoms with van der Waals surface area (Å²) in [6.45, 7) is 3.79. The van der Waals surface area contributed by atoms with Crippen LogP contribution in [0.15, 0.2) is 48.8 Å². The average Bonchev–Trinajstić information content (AvgIpc) is 3.24. The van der Waals surface area contributed by atoms with Crippen molar-refractivity contribution in [2.75, 3.05) is 20.3 Å². The minimum Gasteiger partial charge on any atom is -0.858 e. The summed E-state index contributed by atoms with van der Waals surface area (Å²) in [6.07, 6.45) is 4.17. The first-order chi connectivity index (χ1) is 15.9. The summed E-state index contributed by atoms with van der Waals surface area (Å²) >= 11 is 0. The van der Waals surface area contributed by atoms with Crippen molar-refractivity contribution in [1.82, 2.24) is 14.7 Å². The number of ether oxygens (including phenoxy) is 1. The third-order valence-electron chi connectivity index (χ3n) is 5.53. The van der Waals surface area contributed by atoms with Crippen LogP contribution in [0.3, 0.4) is 0 Å². The Morgan fingerprint density at radius 1 is 1.15 bits per heavy atom. The second-order valence-electron chi connectivity index (χ2n) is 7.61. The molecule has 0 atom stereocenters. The summed E-state index contributed by atoms with van der Waals surface area (Å²) < 4.78 is 21.1. The number of carbonyl (C=O) groups is 2. The Morgan fingerprint density at radius 2 is 1.88 bits per heavy atom. The van der Waals surface area contributed by atoms with Gasteiger partial charge in [-0.15, -0.1) is 0 Å². The van der Waals surface area contributed by atoms with Gasteiger partial charge in [0.15, 0.2) is 12.4 Å². The Kier molecular flexibility index (Phi) is 6.06. The summed E-state index contributed by atoms with van der Waals surface area (Å²) in [4.78, 5) is 27.8. The normalized spacial score (nSPS) is 14.0. The molecule has 0 bridgehead atoms. The van der Waals surface area contributed by atoms with Gasteiger partial charge in [-0.1, -0.05) is 6.92 Å². The van der Waals surface area contributed by atoms with E-state index in [9.17, 15) is 19.1 Å². The van der Waals surface area contributed by atoms with Gasteiger partial charge in [0.05, 0.1) is 24.5 Å². The minimum atomic E-state index is -0.583. The van der Waals surface area contributed by atoms with Gasteiger partial charge >= 0.3 is 5.91 Å². The molecule has 0 fully saturated rings. The fourth-order valence-electron chi connectivity index (χ4n) is 3.84. The van der Waals surface area contributed by atoms with Crippen LogP contribution in [0.4, 0.5) is 4.39 Å². The molecular formula is C24H23FN4O4. The highest BCUT2D eigenvalue weighted by atomic mass is 19.1. The van der Waals surface area contributed by atoms with Crippen molar-refractivity contribution >= 4 is 23.1 Å². The maximum absolute atomic E-state index is 13.4. The number of hydrogen-bond donors (Lipinski definition) is 0. The van der Waals surface area contributed by atoms with Crippen molar-refractivity contribution in [2.45, 2.75) is 20.3 Å². The lowest BCUT2D eigenvalue weighted by molar-refractivity contribution is -0.577. The first kappa shape index (κ1) is 22.3. The highest BCUT2D eigenvalue weighted by molar-refractivity contribution is 6.44. The van der Waals surface area contributed by atoms with Crippen LogP contribution >= 0.6 is 0 Å². The summed E-state index contributed by atoms with van der Waals surface area (Å²) in [5.74, 6) is -2.11. The number of amides is 2. The van der Waals surface area contributed by atoms with Gasteiger partial charge in [0, 0.05) is 24.3 Å². The van der Waals surface area contributed by atoms with Gasteiger partial charge in [-0.05, 0) is 49.6 Å². The number of nitrogens with zero attached hydrogens (tertiary/aromatic N) is 4. The number of hydrogen-bond acceptors (Lipinski definition) is 5. The van der Waals surface area contributed by atoms with Gasteiger partial charge in [-0.3, -0.25) is 14.5 Å². The standard InChI is InChI=1S/C24H23FN4O4/c1-4-16-6-5-11-27(14-16)21-20(22(30)28(24(21)32)12-13-33-3)19-15(2)26-29(23(19)31)18-9-7-17(25)8-10-18/h5-11,14H,4,12-13H2,1-3H3. The molecule has 0 saturated carbocycles. The van der Waals surface area contributed by atoms with Crippen LogP contribution in [-0.4, -0.2) is 46.8 Å². The molecule has 2 amide bonds. The van der Waals surface area contributed by atoms with E-state index in [2.05, 4.69) is 5.10 Å². The number of carbonyl (C=O) groups excluding carboxylic acids is 2. The van der Waals surface area contributed by atoms with Gasteiger partial charge in [0.1, 0.15) is 11.4 Å². The zero-order valence-electron chi connectivity index (χ0n) is 18.5. The second-order valence-corrected chi connectivity index (χ2v) is 7.61. The second kappa shape index (κ2) is 8.95. The number of aryl methyl sites for hydroxylation is 2. The number of pyridine rings is 1. The van der Waals surface area contributed by atoms with Gasteiger partial charge in [0.2, 0.25) is 0 Å². The van der Waals surface area contributed by atoms with Crippen LogP contribution in [0.1, 0.15) is 23.7 Å². The smallest absolute Gasteiger partial charge is 0.326 e. The van der Waals surface area contributed by atoms with Crippen LogP contribution in [0.5, 0.6) is 5.88 Å². The van der Waals surface area contributed by atoms with E-state index in [0.717, 1.165) is 21.6 Å².